The second-order valence-corrected chi connectivity index (χ2v) is 11.0. The van der Waals surface area contributed by atoms with Crippen LogP contribution in [0.4, 0.5) is 5.82 Å². The van der Waals surface area contributed by atoms with E-state index in [1.807, 2.05) is 12.1 Å². The first-order valence-electron chi connectivity index (χ1n) is 11.5. The van der Waals surface area contributed by atoms with E-state index in [0.717, 1.165) is 30.9 Å². The second kappa shape index (κ2) is 10.2. The Morgan fingerprint density at radius 3 is 2.33 bits per heavy atom. The van der Waals surface area contributed by atoms with Crippen LogP contribution >= 0.6 is 0 Å². The van der Waals surface area contributed by atoms with Crippen LogP contribution in [0.2, 0.25) is 0 Å². The highest BCUT2D eigenvalue weighted by Gasteiger charge is 2.31. The molecule has 2 saturated heterocycles. The topological polar surface area (TPSA) is 91.8 Å². The maximum Gasteiger partial charge on any atom is 0.251 e. The average molecular weight is 473 g/mol. The van der Waals surface area contributed by atoms with Gasteiger partial charge in [-0.3, -0.25) is 4.79 Å². The fraction of sp³-hybridized carbons (Fsp3) is 0.500. The number of carbonyl (C=O) groups excluding carboxylic acids is 1. The molecule has 0 bridgehead atoms. The van der Waals surface area contributed by atoms with Gasteiger partial charge in [-0.05, 0) is 54.2 Å². The summed E-state index contributed by atoms with van der Waals surface area (Å²) in [6.07, 6.45) is 2.80. The van der Waals surface area contributed by atoms with Crippen LogP contribution in [0.5, 0.6) is 0 Å². The van der Waals surface area contributed by atoms with Gasteiger partial charge in [0.05, 0.1) is 18.1 Å². The number of ether oxygens (including phenoxy) is 1. The van der Waals surface area contributed by atoms with Crippen LogP contribution in [0.3, 0.4) is 0 Å². The van der Waals surface area contributed by atoms with Crippen molar-refractivity contribution in [2.45, 2.75) is 31.7 Å². The van der Waals surface area contributed by atoms with Crippen molar-refractivity contribution in [3.05, 3.63) is 53.7 Å². The molecule has 0 spiro atoms. The number of morpholine rings is 1. The first kappa shape index (κ1) is 23.7. The number of carbonyl (C=O) groups is 1. The zero-order valence-electron chi connectivity index (χ0n) is 19.2. The Hall–Kier alpha value is -2.49. The molecule has 8 nitrogen and oxygen atoms in total. The lowest BCUT2D eigenvalue weighted by atomic mass is 9.94. The summed E-state index contributed by atoms with van der Waals surface area (Å²) in [5.74, 6) is 1.33. The van der Waals surface area contributed by atoms with Crippen LogP contribution in [0.25, 0.3) is 0 Å². The van der Waals surface area contributed by atoms with E-state index >= 15 is 0 Å². The molecule has 0 aliphatic carbocycles. The molecule has 2 aliphatic rings. The molecule has 2 fully saturated rings. The van der Waals surface area contributed by atoms with Crippen molar-refractivity contribution < 1.29 is 17.9 Å². The first-order chi connectivity index (χ1) is 15.8. The first-order valence-corrected chi connectivity index (χ1v) is 12.9. The van der Waals surface area contributed by atoms with Crippen molar-refractivity contribution in [1.82, 2.24) is 14.6 Å². The summed E-state index contributed by atoms with van der Waals surface area (Å²) in [7, 11) is -3.56. The van der Waals surface area contributed by atoms with Gasteiger partial charge in [0.15, 0.2) is 0 Å². The second-order valence-electron chi connectivity index (χ2n) is 9.10. The standard InChI is InChI=1S/C24H32N4O4S/c1-18-13-19(2)17-28(16-18)33(30,31)22-6-4-21(5-7-22)24(29)26-15-20-3-8-23(25-14-20)27-9-11-32-12-10-27/h3-8,14,18-19H,9-13,15-17H2,1-2H3,(H,26,29). The summed E-state index contributed by atoms with van der Waals surface area (Å²) in [6.45, 7) is 8.63. The molecular formula is C24H32N4O4S. The zero-order valence-corrected chi connectivity index (χ0v) is 20.1. The number of hydrogen-bond acceptors (Lipinski definition) is 6. The van der Waals surface area contributed by atoms with Crippen molar-refractivity contribution >= 4 is 21.7 Å². The maximum absolute atomic E-state index is 13.0. The number of rotatable bonds is 6. The molecule has 1 N–H and O–H groups in total. The van der Waals surface area contributed by atoms with E-state index in [1.54, 1.807) is 22.6 Å². The van der Waals surface area contributed by atoms with Gasteiger partial charge in [0.2, 0.25) is 10.0 Å². The van der Waals surface area contributed by atoms with Crippen molar-refractivity contribution in [3.8, 4) is 0 Å². The van der Waals surface area contributed by atoms with Crippen molar-refractivity contribution in [2.75, 3.05) is 44.3 Å². The van der Waals surface area contributed by atoms with Crippen molar-refractivity contribution in [1.29, 1.82) is 0 Å². The Morgan fingerprint density at radius 1 is 1.06 bits per heavy atom. The molecule has 178 valence electrons. The smallest absolute Gasteiger partial charge is 0.251 e. The molecule has 3 heterocycles. The maximum atomic E-state index is 13.0. The van der Waals surface area contributed by atoms with E-state index in [2.05, 4.69) is 29.0 Å². The molecule has 1 aromatic carbocycles. The molecule has 1 amide bonds. The monoisotopic (exact) mass is 472 g/mol. The van der Waals surface area contributed by atoms with E-state index in [9.17, 15) is 13.2 Å². The third kappa shape index (κ3) is 5.72. The van der Waals surface area contributed by atoms with E-state index in [1.165, 1.54) is 12.1 Å². The third-order valence-electron chi connectivity index (χ3n) is 6.19. The number of benzene rings is 1. The minimum Gasteiger partial charge on any atom is -0.378 e. The normalized spacial score (nSPS) is 22.2. The van der Waals surface area contributed by atoms with Crippen LogP contribution in [0, 0.1) is 11.8 Å². The van der Waals surface area contributed by atoms with Gasteiger partial charge in [0, 0.05) is 44.5 Å². The fourth-order valence-electron chi connectivity index (χ4n) is 4.51. The fourth-order valence-corrected chi connectivity index (χ4v) is 6.19. The summed E-state index contributed by atoms with van der Waals surface area (Å²) in [5, 5.41) is 2.88. The quantitative estimate of drug-likeness (QED) is 0.695. The van der Waals surface area contributed by atoms with E-state index in [4.69, 9.17) is 4.74 Å². The number of nitrogens with zero attached hydrogens (tertiary/aromatic N) is 3. The van der Waals surface area contributed by atoms with E-state index in [0.29, 0.717) is 50.2 Å². The molecule has 0 saturated carbocycles. The molecule has 2 atom stereocenters. The van der Waals surface area contributed by atoms with Crippen molar-refractivity contribution in [3.63, 3.8) is 0 Å². The SMILES string of the molecule is CC1CC(C)CN(S(=O)(=O)c2ccc(C(=O)NCc3ccc(N4CCOCC4)nc3)cc2)C1. The molecule has 9 heteroatoms. The summed E-state index contributed by atoms with van der Waals surface area (Å²) >= 11 is 0. The van der Waals surface area contributed by atoms with Crippen LogP contribution in [0.1, 0.15) is 36.2 Å². The number of hydrogen-bond donors (Lipinski definition) is 1. The number of aromatic nitrogens is 1. The number of pyridine rings is 1. The van der Waals surface area contributed by atoms with Crippen molar-refractivity contribution in [2.24, 2.45) is 11.8 Å². The Balaban J connectivity index is 1.34. The highest BCUT2D eigenvalue weighted by atomic mass is 32.2. The Kier molecular flexibility index (Phi) is 7.31. The van der Waals surface area contributed by atoms with Gasteiger partial charge >= 0.3 is 0 Å². The third-order valence-corrected chi connectivity index (χ3v) is 8.03. The Labute approximate surface area is 196 Å². The number of anilines is 1. The highest BCUT2D eigenvalue weighted by Crippen LogP contribution is 2.26. The van der Waals surface area contributed by atoms with Gasteiger partial charge in [-0.25, -0.2) is 13.4 Å². The minimum atomic E-state index is -3.56. The van der Waals surface area contributed by atoms with Crippen LogP contribution < -0.4 is 10.2 Å². The summed E-state index contributed by atoms with van der Waals surface area (Å²) in [5.41, 5.74) is 1.32. The molecule has 1 aromatic heterocycles. The average Bonchev–Trinajstić information content (AvgIpc) is 2.83. The van der Waals surface area contributed by atoms with E-state index in [-0.39, 0.29) is 10.8 Å². The largest absolute Gasteiger partial charge is 0.378 e. The Bertz CT molecular complexity index is 1040. The lowest BCUT2D eigenvalue weighted by Gasteiger charge is -2.34. The van der Waals surface area contributed by atoms with Crippen LogP contribution in [-0.4, -0.2) is 63.0 Å². The number of sulfonamides is 1. The minimum absolute atomic E-state index is 0.225. The molecule has 2 unspecified atom stereocenters. The summed E-state index contributed by atoms with van der Waals surface area (Å²) in [6, 6.07) is 10.1. The molecule has 33 heavy (non-hydrogen) atoms. The lowest BCUT2D eigenvalue weighted by molar-refractivity contribution is 0.0950. The van der Waals surface area contributed by atoms with Crippen LogP contribution in [-0.2, 0) is 21.3 Å². The number of piperidine rings is 1. The summed E-state index contributed by atoms with van der Waals surface area (Å²) < 4.78 is 33.0. The molecule has 2 aliphatic heterocycles. The van der Waals surface area contributed by atoms with Gasteiger partial charge in [-0.1, -0.05) is 19.9 Å². The van der Waals surface area contributed by atoms with Gasteiger partial charge in [-0.15, -0.1) is 0 Å². The van der Waals surface area contributed by atoms with Gasteiger partial charge in [0.1, 0.15) is 5.82 Å². The zero-order chi connectivity index (χ0) is 23.4. The summed E-state index contributed by atoms with van der Waals surface area (Å²) in [4.78, 5) is 19.5. The molecular weight excluding hydrogens is 440 g/mol. The lowest BCUT2D eigenvalue weighted by Crippen LogP contribution is -2.42. The molecule has 4 rings (SSSR count). The van der Waals surface area contributed by atoms with Crippen LogP contribution in [0.15, 0.2) is 47.5 Å². The molecule has 0 radical (unpaired) electrons. The predicted octanol–water partition coefficient (Wildman–Crippen LogP) is 2.51. The van der Waals surface area contributed by atoms with Gasteiger partial charge < -0.3 is 15.0 Å². The number of nitrogens with one attached hydrogen (secondary N) is 1. The van der Waals surface area contributed by atoms with E-state index < -0.39 is 10.0 Å². The van der Waals surface area contributed by atoms with Gasteiger partial charge in [-0.2, -0.15) is 4.31 Å². The van der Waals surface area contributed by atoms with Gasteiger partial charge in [0.25, 0.3) is 5.91 Å². The Morgan fingerprint density at radius 2 is 1.73 bits per heavy atom. The highest BCUT2D eigenvalue weighted by molar-refractivity contribution is 7.89. The predicted molar refractivity (Wildman–Crippen MR) is 127 cm³/mol. The number of amides is 1. The molecule has 2 aromatic rings.